The zero-order valence-electron chi connectivity index (χ0n) is 17.6. The average molecular weight is 440 g/mol. The zero-order valence-corrected chi connectivity index (χ0v) is 17.4. The van der Waals surface area contributed by atoms with Crippen molar-refractivity contribution in [1.29, 1.82) is 0 Å². The van der Waals surface area contributed by atoms with Gasteiger partial charge >= 0.3 is 0 Å². The Morgan fingerprint density at radius 2 is 1.94 bits per heavy atom. The fourth-order valence-corrected chi connectivity index (χ4v) is 4.06. The number of fused-ring (bicyclic) bond motifs is 1. The Morgan fingerprint density at radius 3 is 2.61 bits per heavy atom. The Bertz CT molecular complexity index is 1260. The minimum Gasteiger partial charge on any atom is -0.508 e. The number of rotatable bonds is 4. The van der Waals surface area contributed by atoms with Gasteiger partial charge < -0.3 is 14.9 Å². The second-order valence-electron chi connectivity index (χ2n) is 7.11. The van der Waals surface area contributed by atoms with E-state index in [0.29, 0.717) is 48.5 Å². The van der Waals surface area contributed by atoms with Crippen LogP contribution in [0.5, 0.6) is 5.75 Å². The first-order valence-corrected chi connectivity index (χ1v) is 9.97. The first kappa shape index (κ1) is 19.5. The molecule has 0 aliphatic carbocycles. The minimum atomic E-state index is -0.615. The Hall–Kier alpha value is -3.45. The molecule has 0 bridgehead atoms. The molecule has 4 rings (SSSR count). The molecule has 1 aliphatic rings. The van der Waals surface area contributed by atoms with Crippen molar-refractivity contribution in [1.82, 2.24) is 14.9 Å². The summed E-state index contributed by atoms with van der Waals surface area (Å²) in [5.41, 5.74) is 1.28. The summed E-state index contributed by atoms with van der Waals surface area (Å²) in [6.45, 7) is 8.77. The van der Waals surface area contributed by atoms with E-state index < -0.39 is 11.7 Å². The van der Waals surface area contributed by atoms with E-state index in [2.05, 4.69) is 23.1 Å². The largest absolute Gasteiger partial charge is 0.508 e. The number of phenols is 1. The predicted molar refractivity (Wildman–Crippen MR) is 121 cm³/mol. The lowest BCUT2D eigenvalue weighted by molar-refractivity contribution is -0.126. The summed E-state index contributed by atoms with van der Waals surface area (Å²) >= 11 is 6.50. The van der Waals surface area contributed by atoms with Gasteiger partial charge in [-0.2, -0.15) is 0 Å². The standard InChI is InChI=1S/C23H20ClFN4O2/c1-3-14-9-15(11-16(30)10-14)20-18(24)12-17-22(21(20)25)26-13-27-23(17)29-7-5-28(6-8-29)19(31)4-2/h3-4,9-13,30H,1-2,5-8H2/i4D. The highest BCUT2D eigenvalue weighted by atomic mass is 35.5. The van der Waals surface area contributed by atoms with Crippen molar-refractivity contribution < 1.29 is 15.7 Å². The fraction of sp³-hybridized carbons (Fsp3) is 0.174. The van der Waals surface area contributed by atoms with Crippen LogP contribution in [0.4, 0.5) is 10.2 Å². The topological polar surface area (TPSA) is 69.6 Å². The maximum absolute atomic E-state index is 15.6. The highest BCUT2D eigenvalue weighted by molar-refractivity contribution is 6.34. The molecule has 1 saturated heterocycles. The number of piperazine rings is 1. The molecule has 2 aromatic carbocycles. The fourth-order valence-electron chi connectivity index (χ4n) is 3.76. The first-order valence-electron chi connectivity index (χ1n) is 10.1. The van der Waals surface area contributed by atoms with Crippen LogP contribution in [-0.2, 0) is 4.79 Å². The summed E-state index contributed by atoms with van der Waals surface area (Å²) in [4.78, 5) is 24.0. The number of nitrogens with zero attached hydrogens (tertiary/aromatic N) is 4. The van der Waals surface area contributed by atoms with E-state index in [9.17, 15) is 9.90 Å². The number of hydrogen-bond acceptors (Lipinski definition) is 5. The molecular weight excluding hydrogens is 419 g/mol. The molecule has 6 nitrogen and oxygen atoms in total. The second kappa shape index (κ2) is 8.35. The van der Waals surface area contributed by atoms with Gasteiger partial charge in [0.15, 0.2) is 5.82 Å². The van der Waals surface area contributed by atoms with Crippen molar-refractivity contribution in [2.45, 2.75) is 0 Å². The van der Waals surface area contributed by atoms with Crippen LogP contribution in [0.25, 0.3) is 28.1 Å². The summed E-state index contributed by atoms with van der Waals surface area (Å²) in [6.07, 6.45) is 2.84. The van der Waals surface area contributed by atoms with Crippen molar-refractivity contribution in [2.24, 2.45) is 0 Å². The van der Waals surface area contributed by atoms with Crippen molar-refractivity contribution in [2.75, 3.05) is 31.1 Å². The van der Waals surface area contributed by atoms with Crippen LogP contribution >= 0.6 is 11.6 Å². The van der Waals surface area contributed by atoms with Gasteiger partial charge in [0.05, 0.1) is 6.39 Å². The third-order valence-corrected chi connectivity index (χ3v) is 5.58. The molecule has 1 fully saturated rings. The molecule has 0 spiro atoms. The van der Waals surface area contributed by atoms with E-state index in [1.807, 2.05) is 4.90 Å². The normalized spacial score (nSPS) is 14.5. The molecule has 31 heavy (non-hydrogen) atoms. The van der Waals surface area contributed by atoms with Gasteiger partial charge in [-0.25, -0.2) is 14.4 Å². The van der Waals surface area contributed by atoms with Gasteiger partial charge in [-0.3, -0.25) is 4.79 Å². The molecule has 0 unspecified atom stereocenters. The van der Waals surface area contributed by atoms with Gasteiger partial charge in [-0.15, -0.1) is 0 Å². The number of hydrogen-bond donors (Lipinski definition) is 1. The Kier molecular flexibility index (Phi) is 5.26. The Labute approximate surface area is 185 Å². The number of phenolic OH excluding ortho intramolecular Hbond substituents is 1. The SMILES string of the molecule is [2H]C(=C)C(=O)N1CCN(c2ncnc3c(F)c(-c4cc(O)cc(C=C)c4)c(Cl)cc23)CC1. The van der Waals surface area contributed by atoms with E-state index in [-0.39, 0.29) is 27.9 Å². The number of anilines is 1. The molecule has 3 aromatic rings. The molecule has 0 saturated carbocycles. The molecule has 8 heteroatoms. The number of carbonyl (C=O) groups is 1. The van der Waals surface area contributed by atoms with E-state index in [1.165, 1.54) is 18.5 Å². The van der Waals surface area contributed by atoms with E-state index >= 15 is 4.39 Å². The molecule has 1 aliphatic heterocycles. The van der Waals surface area contributed by atoms with Crippen LogP contribution in [0.1, 0.15) is 6.93 Å². The number of carbonyl (C=O) groups excluding carboxylic acids is 1. The molecule has 0 atom stereocenters. The summed E-state index contributed by atoms with van der Waals surface area (Å²) in [7, 11) is 0. The van der Waals surface area contributed by atoms with Gasteiger partial charge in [0.25, 0.3) is 0 Å². The van der Waals surface area contributed by atoms with Gasteiger partial charge in [-0.1, -0.05) is 30.8 Å². The molecule has 1 amide bonds. The van der Waals surface area contributed by atoms with Gasteiger partial charge in [0.2, 0.25) is 5.91 Å². The molecule has 1 N–H and O–H groups in total. The van der Waals surface area contributed by atoms with Gasteiger partial charge in [0, 0.05) is 37.1 Å². The average Bonchev–Trinajstić information content (AvgIpc) is 2.78. The second-order valence-corrected chi connectivity index (χ2v) is 7.52. The molecule has 158 valence electrons. The van der Waals surface area contributed by atoms with Crippen LogP contribution in [0.15, 0.2) is 49.8 Å². The summed E-state index contributed by atoms with van der Waals surface area (Å²) in [5.74, 6) is -0.530. The lowest BCUT2D eigenvalue weighted by atomic mass is 10.00. The highest BCUT2D eigenvalue weighted by Crippen LogP contribution is 2.39. The van der Waals surface area contributed by atoms with E-state index in [0.717, 1.165) is 0 Å². The van der Waals surface area contributed by atoms with Crippen LogP contribution in [-0.4, -0.2) is 52.1 Å². The number of benzene rings is 2. The smallest absolute Gasteiger partial charge is 0.246 e. The maximum Gasteiger partial charge on any atom is 0.246 e. The minimum absolute atomic E-state index is 0.0286. The third-order valence-electron chi connectivity index (χ3n) is 5.28. The number of halogens is 2. The van der Waals surface area contributed by atoms with Crippen molar-refractivity contribution in [3.63, 3.8) is 0 Å². The van der Waals surface area contributed by atoms with Crippen LogP contribution in [0, 0.1) is 5.82 Å². The van der Waals surface area contributed by atoms with Gasteiger partial charge in [0.1, 0.15) is 23.4 Å². The predicted octanol–water partition coefficient (Wildman–Crippen LogP) is 4.27. The lowest BCUT2D eigenvalue weighted by Crippen LogP contribution is -2.48. The molecule has 1 aromatic heterocycles. The van der Waals surface area contributed by atoms with Crippen LogP contribution < -0.4 is 4.90 Å². The lowest BCUT2D eigenvalue weighted by Gasteiger charge is -2.35. The number of aromatic hydroxyl groups is 1. The maximum atomic E-state index is 15.6. The Morgan fingerprint density at radius 1 is 1.19 bits per heavy atom. The van der Waals surface area contributed by atoms with Crippen molar-refractivity contribution in [3.05, 3.63) is 66.2 Å². The first-order chi connectivity index (χ1) is 15.3. The number of aromatic nitrogens is 2. The van der Waals surface area contributed by atoms with E-state index in [4.69, 9.17) is 13.0 Å². The van der Waals surface area contributed by atoms with E-state index in [1.54, 1.807) is 23.1 Å². The van der Waals surface area contributed by atoms with Crippen molar-refractivity contribution in [3.8, 4) is 16.9 Å². The van der Waals surface area contributed by atoms with Crippen LogP contribution in [0.3, 0.4) is 0 Å². The summed E-state index contributed by atoms with van der Waals surface area (Å²) < 4.78 is 23.0. The summed E-state index contributed by atoms with van der Waals surface area (Å²) in [5, 5.41) is 10.6. The molecular formula is C23H20ClFN4O2. The Balaban J connectivity index is 1.74. The van der Waals surface area contributed by atoms with Crippen molar-refractivity contribution >= 4 is 40.3 Å². The third kappa shape index (κ3) is 3.84. The van der Waals surface area contributed by atoms with Gasteiger partial charge in [-0.05, 0) is 41.4 Å². The van der Waals surface area contributed by atoms with Crippen LogP contribution in [0.2, 0.25) is 5.02 Å². The quantitative estimate of drug-likeness (QED) is 0.615. The zero-order chi connectivity index (χ0) is 23.0. The number of amides is 1. The monoisotopic (exact) mass is 439 g/mol. The summed E-state index contributed by atoms with van der Waals surface area (Å²) in [6, 6.07) is 6.00. The molecule has 0 radical (unpaired) electrons. The molecule has 2 heterocycles. The highest BCUT2D eigenvalue weighted by Gasteiger charge is 2.24.